The standard InChI is InChI=1S/C15H19N3O3S/c1-17(22(2,20)21)11-15(19)18(13-6-4-7-13)14-8-3-5-12(9-14)10-16/h3,5,8-9,13H,4,6-7,11H2,1-2H3. The fraction of sp³-hybridized carbons (Fsp3) is 0.467. The average Bonchev–Trinajstić information content (AvgIpc) is 2.41. The number of carbonyl (C=O) groups excluding carboxylic acids is 1. The van der Waals surface area contributed by atoms with E-state index in [1.807, 2.05) is 0 Å². The van der Waals surface area contributed by atoms with E-state index in [1.54, 1.807) is 29.2 Å². The molecule has 0 saturated heterocycles. The molecule has 2 rings (SSSR count). The smallest absolute Gasteiger partial charge is 0.242 e. The van der Waals surface area contributed by atoms with Gasteiger partial charge < -0.3 is 4.90 Å². The predicted molar refractivity (Wildman–Crippen MR) is 83.8 cm³/mol. The van der Waals surface area contributed by atoms with Gasteiger partial charge in [0.25, 0.3) is 0 Å². The summed E-state index contributed by atoms with van der Waals surface area (Å²) in [5.74, 6) is -0.271. The molecule has 1 amide bonds. The third kappa shape index (κ3) is 3.64. The van der Waals surface area contributed by atoms with Gasteiger partial charge in [0.05, 0.1) is 24.4 Å². The molecule has 0 unspecified atom stereocenters. The van der Waals surface area contributed by atoms with Crippen molar-refractivity contribution in [1.82, 2.24) is 4.31 Å². The van der Waals surface area contributed by atoms with Crippen molar-refractivity contribution in [3.8, 4) is 6.07 Å². The minimum Gasteiger partial charge on any atom is -0.308 e. The van der Waals surface area contributed by atoms with Gasteiger partial charge in [0.2, 0.25) is 15.9 Å². The summed E-state index contributed by atoms with van der Waals surface area (Å²) >= 11 is 0. The lowest BCUT2D eigenvalue weighted by Gasteiger charge is -2.38. The zero-order chi connectivity index (χ0) is 16.3. The number of nitrogens with zero attached hydrogens (tertiary/aromatic N) is 3. The molecule has 0 aromatic heterocycles. The zero-order valence-electron chi connectivity index (χ0n) is 12.7. The average molecular weight is 321 g/mol. The lowest BCUT2D eigenvalue weighted by atomic mass is 9.90. The first-order valence-electron chi connectivity index (χ1n) is 7.06. The number of anilines is 1. The Kier molecular flexibility index (Phi) is 4.84. The van der Waals surface area contributed by atoms with E-state index < -0.39 is 10.0 Å². The Morgan fingerprint density at radius 3 is 2.59 bits per heavy atom. The van der Waals surface area contributed by atoms with E-state index in [0.29, 0.717) is 11.3 Å². The van der Waals surface area contributed by atoms with Crippen LogP contribution in [-0.4, -0.2) is 44.5 Å². The summed E-state index contributed by atoms with van der Waals surface area (Å²) < 4.78 is 24.0. The number of nitriles is 1. The lowest BCUT2D eigenvalue weighted by Crippen LogP contribution is -2.48. The molecule has 0 N–H and O–H groups in total. The third-order valence-electron chi connectivity index (χ3n) is 3.89. The molecule has 1 aromatic rings. The first kappa shape index (κ1) is 16.5. The van der Waals surface area contributed by atoms with E-state index in [4.69, 9.17) is 5.26 Å². The van der Waals surface area contributed by atoms with Gasteiger partial charge in [-0.15, -0.1) is 0 Å². The Morgan fingerprint density at radius 2 is 2.09 bits per heavy atom. The fourth-order valence-corrected chi connectivity index (χ4v) is 2.66. The molecular weight excluding hydrogens is 302 g/mol. The molecule has 1 aliphatic carbocycles. The van der Waals surface area contributed by atoms with Gasteiger partial charge in [0, 0.05) is 18.8 Å². The van der Waals surface area contributed by atoms with Crippen LogP contribution in [0.15, 0.2) is 24.3 Å². The highest BCUT2D eigenvalue weighted by molar-refractivity contribution is 7.88. The van der Waals surface area contributed by atoms with Gasteiger partial charge in [-0.25, -0.2) is 8.42 Å². The molecule has 0 bridgehead atoms. The van der Waals surface area contributed by atoms with Crippen LogP contribution in [0.2, 0.25) is 0 Å². The number of benzene rings is 1. The molecule has 118 valence electrons. The van der Waals surface area contributed by atoms with E-state index in [2.05, 4.69) is 6.07 Å². The van der Waals surface area contributed by atoms with Gasteiger partial charge in [0.1, 0.15) is 0 Å². The summed E-state index contributed by atoms with van der Waals surface area (Å²) in [5, 5.41) is 9.00. The highest BCUT2D eigenvalue weighted by Crippen LogP contribution is 2.30. The number of sulfonamides is 1. The fourth-order valence-electron chi connectivity index (χ4n) is 2.31. The Labute approximate surface area is 131 Å². The van der Waals surface area contributed by atoms with Crippen LogP contribution >= 0.6 is 0 Å². The number of amides is 1. The second-order valence-corrected chi connectivity index (χ2v) is 7.62. The largest absolute Gasteiger partial charge is 0.308 e. The normalized spacial score (nSPS) is 15.2. The summed E-state index contributed by atoms with van der Waals surface area (Å²) in [6.45, 7) is -0.202. The summed E-state index contributed by atoms with van der Waals surface area (Å²) in [7, 11) is -2.02. The Balaban J connectivity index is 2.26. The van der Waals surface area contributed by atoms with Crippen LogP contribution < -0.4 is 4.90 Å². The maximum Gasteiger partial charge on any atom is 0.242 e. The zero-order valence-corrected chi connectivity index (χ0v) is 13.5. The molecule has 0 heterocycles. The maximum absolute atomic E-state index is 12.6. The third-order valence-corrected chi connectivity index (χ3v) is 5.15. The van der Waals surface area contributed by atoms with Crippen molar-refractivity contribution in [2.24, 2.45) is 0 Å². The van der Waals surface area contributed by atoms with Crippen molar-refractivity contribution in [2.45, 2.75) is 25.3 Å². The predicted octanol–water partition coefficient (Wildman–Crippen LogP) is 1.34. The molecule has 7 heteroatoms. The minimum atomic E-state index is -3.41. The van der Waals surface area contributed by atoms with Crippen LogP contribution in [0.1, 0.15) is 24.8 Å². The van der Waals surface area contributed by atoms with Crippen molar-refractivity contribution in [1.29, 1.82) is 5.26 Å². The SMILES string of the molecule is CN(CC(=O)N(c1cccc(C#N)c1)C1CCC1)S(C)(=O)=O. The molecular formula is C15H19N3O3S. The van der Waals surface area contributed by atoms with Crippen LogP contribution in [0.4, 0.5) is 5.69 Å². The Hall–Kier alpha value is -1.91. The molecule has 1 saturated carbocycles. The maximum atomic E-state index is 12.6. The number of hydrogen-bond acceptors (Lipinski definition) is 4. The van der Waals surface area contributed by atoms with Gasteiger partial charge in [0.15, 0.2) is 0 Å². The molecule has 0 radical (unpaired) electrons. The number of carbonyl (C=O) groups is 1. The lowest BCUT2D eigenvalue weighted by molar-refractivity contribution is -0.119. The van der Waals surface area contributed by atoms with Gasteiger partial charge in [-0.05, 0) is 37.5 Å². The quantitative estimate of drug-likeness (QED) is 0.819. The molecule has 6 nitrogen and oxygen atoms in total. The van der Waals surface area contributed by atoms with Gasteiger partial charge in [-0.3, -0.25) is 4.79 Å². The first-order valence-corrected chi connectivity index (χ1v) is 8.91. The highest BCUT2D eigenvalue weighted by atomic mass is 32.2. The molecule has 22 heavy (non-hydrogen) atoms. The summed E-state index contributed by atoms with van der Waals surface area (Å²) in [6, 6.07) is 8.98. The van der Waals surface area contributed by atoms with Crippen LogP contribution in [0.3, 0.4) is 0 Å². The van der Waals surface area contributed by atoms with Crippen molar-refractivity contribution in [3.63, 3.8) is 0 Å². The second kappa shape index (κ2) is 6.46. The molecule has 1 aromatic carbocycles. The van der Waals surface area contributed by atoms with Gasteiger partial charge >= 0.3 is 0 Å². The summed E-state index contributed by atoms with van der Waals surface area (Å²) in [6.07, 6.45) is 3.91. The van der Waals surface area contributed by atoms with Crippen molar-refractivity contribution < 1.29 is 13.2 Å². The molecule has 0 atom stereocenters. The van der Waals surface area contributed by atoms with Crippen LogP contribution in [0, 0.1) is 11.3 Å². The van der Waals surface area contributed by atoms with Crippen LogP contribution in [-0.2, 0) is 14.8 Å². The van der Waals surface area contributed by atoms with Crippen molar-refractivity contribution >= 4 is 21.6 Å². The monoisotopic (exact) mass is 321 g/mol. The topological polar surface area (TPSA) is 81.5 Å². The Bertz CT molecular complexity index is 705. The van der Waals surface area contributed by atoms with Crippen molar-refractivity contribution in [3.05, 3.63) is 29.8 Å². The molecule has 0 aliphatic heterocycles. The number of hydrogen-bond donors (Lipinski definition) is 0. The van der Waals surface area contributed by atoms with Crippen LogP contribution in [0.5, 0.6) is 0 Å². The summed E-state index contributed by atoms with van der Waals surface area (Å²) in [4.78, 5) is 14.2. The van der Waals surface area contributed by atoms with E-state index in [-0.39, 0.29) is 18.5 Å². The minimum absolute atomic E-state index is 0.0782. The Morgan fingerprint density at radius 1 is 1.41 bits per heavy atom. The van der Waals surface area contributed by atoms with Crippen molar-refractivity contribution in [2.75, 3.05) is 24.7 Å². The first-order chi connectivity index (χ1) is 10.3. The number of likely N-dealkylation sites (N-methyl/N-ethyl adjacent to an activating group) is 1. The van der Waals surface area contributed by atoms with Crippen LogP contribution in [0.25, 0.3) is 0 Å². The van der Waals surface area contributed by atoms with E-state index in [1.165, 1.54) is 7.05 Å². The van der Waals surface area contributed by atoms with E-state index >= 15 is 0 Å². The summed E-state index contributed by atoms with van der Waals surface area (Å²) in [5.41, 5.74) is 1.13. The van der Waals surface area contributed by atoms with Gasteiger partial charge in [-0.2, -0.15) is 9.57 Å². The molecule has 0 spiro atoms. The van der Waals surface area contributed by atoms with E-state index in [0.717, 1.165) is 29.8 Å². The van der Waals surface area contributed by atoms with E-state index in [9.17, 15) is 13.2 Å². The molecule has 1 fully saturated rings. The van der Waals surface area contributed by atoms with Gasteiger partial charge in [-0.1, -0.05) is 6.07 Å². The second-order valence-electron chi connectivity index (χ2n) is 5.53. The number of rotatable bonds is 5. The molecule has 1 aliphatic rings. The highest BCUT2D eigenvalue weighted by Gasteiger charge is 2.31.